The summed E-state index contributed by atoms with van der Waals surface area (Å²) >= 11 is 5.32. The highest BCUT2D eigenvalue weighted by Gasteiger charge is 2.01. The van der Waals surface area contributed by atoms with Gasteiger partial charge in [0, 0.05) is 17.5 Å². The fraction of sp³-hybridized carbons (Fsp3) is 0.286. The minimum Gasteiger partial charge on any atom is -0.325 e. The number of pyridine rings is 1. The Morgan fingerprint density at radius 3 is 2.64 bits per heavy atom. The number of rotatable bonds is 1. The average Bonchev–Trinajstić information content (AvgIpc) is 1.85. The van der Waals surface area contributed by atoms with Gasteiger partial charge in [-0.3, -0.25) is 9.63 Å². The van der Waals surface area contributed by atoms with Crippen LogP contribution in [0.5, 0.6) is 0 Å². The number of hydrogen-bond donors (Lipinski definition) is 2. The molecule has 2 N–H and O–H groups in total. The maximum absolute atomic E-state index is 11.1. The van der Waals surface area contributed by atoms with E-state index in [9.17, 15) is 4.79 Å². The van der Waals surface area contributed by atoms with E-state index in [1.54, 1.807) is 0 Å². The van der Waals surface area contributed by atoms with Gasteiger partial charge in [0.1, 0.15) is 5.69 Å². The smallest absolute Gasteiger partial charge is 0.272 e. The third-order valence-electron chi connectivity index (χ3n) is 1.46. The number of halogens is 1. The molecule has 0 bridgehead atoms. The number of hydrogen-bond acceptors (Lipinski definition) is 2. The molecule has 1 heterocycles. The van der Waals surface area contributed by atoms with Crippen LogP contribution in [0, 0.1) is 13.8 Å². The molecule has 0 spiro atoms. The zero-order valence-electron chi connectivity index (χ0n) is 6.36. The lowest BCUT2D eigenvalue weighted by atomic mass is 10.2. The molecular formula is C7H9ClN2O. The molecular weight excluding hydrogens is 164 g/mol. The van der Waals surface area contributed by atoms with Crippen molar-refractivity contribution in [1.29, 1.82) is 0 Å². The van der Waals surface area contributed by atoms with Crippen molar-refractivity contribution in [3.8, 4) is 0 Å². The highest BCUT2D eigenvalue weighted by molar-refractivity contribution is 6.24. The van der Waals surface area contributed by atoms with Gasteiger partial charge in [-0.25, -0.2) is 0 Å². The Labute approximate surface area is 69.5 Å². The van der Waals surface area contributed by atoms with Gasteiger partial charge in [0.2, 0.25) is 0 Å². The lowest BCUT2D eigenvalue weighted by Gasteiger charge is -2.01. The van der Waals surface area contributed by atoms with E-state index in [0.29, 0.717) is 5.69 Å². The first kappa shape index (κ1) is 8.14. The van der Waals surface area contributed by atoms with Crippen molar-refractivity contribution in [3.63, 3.8) is 0 Å². The molecule has 4 heteroatoms. The van der Waals surface area contributed by atoms with Gasteiger partial charge in [-0.15, -0.1) is 0 Å². The van der Waals surface area contributed by atoms with E-state index in [1.807, 2.05) is 19.9 Å². The molecule has 0 aromatic carbocycles. The van der Waals surface area contributed by atoms with Crippen LogP contribution in [0.1, 0.15) is 11.3 Å². The highest BCUT2D eigenvalue weighted by atomic mass is 35.5. The van der Waals surface area contributed by atoms with Gasteiger partial charge in [0.25, 0.3) is 5.56 Å². The molecule has 0 atom stereocenters. The van der Waals surface area contributed by atoms with Crippen LogP contribution in [-0.4, -0.2) is 4.98 Å². The largest absolute Gasteiger partial charge is 0.325 e. The molecule has 1 aromatic rings. The second kappa shape index (κ2) is 2.96. The number of aromatic amines is 1. The van der Waals surface area contributed by atoms with Gasteiger partial charge in [-0.1, -0.05) is 0 Å². The summed E-state index contributed by atoms with van der Waals surface area (Å²) in [6.45, 7) is 3.65. The van der Waals surface area contributed by atoms with Crippen molar-refractivity contribution in [2.75, 3.05) is 4.84 Å². The molecule has 11 heavy (non-hydrogen) atoms. The molecule has 3 nitrogen and oxygen atoms in total. The van der Waals surface area contributed by atoms with Crippen LogP contribution < -0.4 is 10.4 Å². The second-order valence-corrected chi connectivity index (χ2v) is 2.62. The van der Waals surface area contributed by atoms with E-state index in [0.717, 1.165) is 11.3 Å². The molecule has 0 saturated carbocycles. The highest BCUT2D eigenvalue weighted by Crippen LogP contribution is 2.08. The standard InChI is InChI=1S/C7H9ClN2O/c1-4-3-5(2)9-7(11)6(4)10-8/h3,10H,1-2H3,(H,9,11). The number of anilines is 1. The monoisotopic (exact) mass is 172 g/mol. The lowest BCUT2D eigenvalue weighted by Crippen LogP contribution is -2.12. The van der Waals surface area contributed by atoms with E-state index >= 15 is 0 Å². The number of H-pyrrole nitrogens is 1. The summed E-state index contributed by atoms with van der Waals surface area (Å²) < 4.78 is 0. The molecule has 0 aliphatic heterocycles. The molecule has 0 aliphatic rings. The van der Waals surface area contributed by atoms with Crippen molar-refractivity contribution in [2.24, 2.45) is 0 Å². The van der Waals surface area contributed by atoms with Gasteiger partial charge in [-0.2, -0.15) is 0 Å². The number of nitrogens with one attached hydrogen (secondary N) is 2. The van der Waals surface area contributed by atoms with Gasteiger partial charge in [-0.05, 0) is 25.5 Å². The summed E-state index contributed by atoms with van der Waals surface area (Å²) in [6, 6.07) is 1.85. The molecule has 0 radical (unpaired) electrons. The summed E-state index contributed by atoms with van der Waals surface area (Å²) in [7, 11) is 0. The van der Waals surface area contributed by atoms with Crippen molar-refractivity contribution in [1.82, 2.24) is 4.98 Å². The maximum Gasteiger partial charge on any atom is 0.272 e. The Bertz CT molecular complexity index is 319. The first-order valence-electron chi connectivity index (χ1n) is 3.22. The van der Waals surface area contributed by atoms with Crippen LogP contribution in [0.25, 0.3) is 0 Å². The first-order valence-corrected chi connectivity index (χ1v) is 3.60. The van der Waals surface area contributed by atoms with E-state index in [-0.39, 0.29) is 5.56 Å². The average molecular weight is 173 g/mol. The molecule has 1 rings (SSSR count). The molecule has 1 aromatic heterocycles. The van der Waals surface area contributed by atoms with Gasteiger partial charge in [0.05, 0.1) is 0 Å². The Morgan fingerprint density at radius 1 is 1.55 bits per heavy atom. The van der Waals surface area contributed by atoms with Crippen LogP contribution in [0.15, 0.2) is 10.9 Å². The SMILES string of the molecule is Cc1cc(C)c(NCl)c(=O)[nH]1. The molecule has 0 fully saturated rings. The predicted octanol–water partition coefficient (Wildman–Crippen LogP) is 1.56. The van der Waals surface area contributed by atoms with Crippen molar-refractivity contribution in [2.45, 2.75) is 13.8 Å². The Kier molecular flexibility index (Phi) is 2.19. The fourth-order valence-corrected chi connectivity index (χ4v) is 1.21. The Balaban J connectivity index is 3.37. The van der Waals surface area contributed by atoms with Crippen LogP contribution in [-0.2, 0) is 0 Å². The molecule has 60 valence electrons. The van der Waals surface area contributed by atoms with E-state index < -0.39 is 0 Å². The van der Waals surface area contributed by atoms with Crippen molar-refractivity contribution >= 4 is 17.5 Å². The van der Waals surface area contributed by atoms with Gasteiger partial charge in [0.15, 0.2) is 0 Å². The van der Waals surface area contributed by atoms with E-state index in [4.69, 9.17) is 11.8 Å². The summed E-state index contributed by atoms with van der Waals surface area (Å²) in [6.07, 6.45) is 0. The third kappa shape index (κ3) is 1.54. The molecule has 0 aliphatic carbocycles. The Morgan fingerprint density at radius 2 is 2.18 bits per heavy atom. The first-order chi connectivity index (χ1) is 5.15. The minimum absolute atomic E-state index is 0.183. The van der Waals surface area contributed by atoms with Crippen molar-refractivity contribution in [3.05, 3.63) is 27.7 Å². The van der Waals surface area contributed by atoms with Gasteiger partial charge < -0.3 is 4.98 Å². The normalized spacial score (nSPS) is 9.73. The molecule has 0 unspecified atom stereocenters. The fourth-order valence-electron chi connectivity index (χ4n) is 0.971. The predicted molar refractivity (Wildman–Crippen MR) is 46.0 cm³/mol. The third-order valence-corrected chi connectivity index (χ3v) is 1.65. The zero-order chi connectivity index (χ0) is 8.43. The summed E-state index contributed by atoms with van der Waals surface area (Å²) in [5, 5.41) is 0. The number of aromatic nitrogens is 1. The van der Waals surface area contributed by atoms with E-state index in [2.05, 4.69) is 9.82 Å². The van der Waals surface area contributed by atoms with Crippen LogP contribution >= 0.6 is 11.8 Å². The van der Waals surface area contributed by atoms with Crippen LogP contribution in [0.3, 0.4) is 0 Å². The molecule has 0 saturated heterocycles. The number of aryl methyl sites for hydroxylation is 2. The zero-order valence-corrected chi connectivity index (χ0v) is 7.12. The lowest BCUT2D eigenvalue weighted by molar-refractivity contribution is 1.13. The topological polar surface area (TPSA) is 44.9 Å². The maximum atomic E-state index is 11.1. The van der Waals surface area contributed by atoms with E-state index in [1.165, 1.54) is 0 Å². The second-order valence-electron chi connectivity index (χ2n) is 2.43. The summed E-state index contributed by atoms with van der Waals surface area (Å²) in [5.41, 5.74) is 1.92. The summed E-state index contributed by atoms with van der Waals surface area (Å²) in [4.78, 5) is 16.0. The molecule has 0 amide bonds. The van der Waals surface area contributed by atoms with Gasteiger partial charge >= 0.3 is 0 Å². The van der Waals surface area contributed by atoms with Crippen LogP contribution in [0.2, 0.25) is 0 Å². The minimum atomic E-state index is -0.183. The Hall–Kier alpha value is -0.960. The van der Waals surface area contributed by atoms with Crippen molar-refractivity contribution < 1.29 is 0 Å². The quantitative estimate of drug-likeness (QED) is 0.632. The van der Waals surface area contributed by atoms with Crippen LogP contribution in [0.4, 0.5) is 5.69 Å². The summed E-state index contributed by atoms with van der Waals surface area (Å²) in [5.74, 6) is 0.